The molecule has 10 heteroatoms. The van der Waals surface area contributed by atoms with Crippen molar-refractivity contribution < 1.29 is 14.6 Å². The highest BCUT2D eigenvalue weighted by Gasteiger charge is 2.23. The van der Waals surface area contributed by atoms with Crippen LogP contribution in [-0.2, 0) is 6.54 Å². The van der Waals surface area contributed by atoms with Crippen molar-refractivity contribution in [1.82, 2.24) is 14.8 Å². The van der Waals surface area contributed by atoms with Crippen LogP contribution in [0.2, 0.25) is 0 Å². The van der Waals surface area contributed by atoms with Crippen molar-refractivity contribution in [2.45, 2.75) is 13.5 Å². The van der Waals surface area contributed by atoms with Crippen molar-refractivity contribution >= 4 is 11.4 Å². The summed E-state index contributed by atoms with van der Waals surface area (Å²) in [5.74, 6) is -0.224. The van der Waals surface area contributed by atoms with Crippen LogP contribution in [0.15, 0.2) is 24.5 Å². The minimum atomic E-state index is -0.799. The molecule has 0 unspecified atom stereocenters. The first kappa shape index (κ1) is 13.4. The third-order valence-corrected chi connectivity index (χ3v) is 2.37. The Labute approximate surface area is 111 Å². The molecule has 0 saturated carbocycles. The lowest BCUT2D eigenvalue weighted by Gasteiger charge is -2.01. The molecule has 20 heavy (non-hydrogen) atoms. The molecule has 2 aromatic heterocycles. The summed E-state index contributed by atoms with van der Waals surface area (Å²) in [7, 11) is 0. The van der Waals surface area contributed by atoms with E-state index < -0.39 is 21.2 Å². The first-order valence-corrected chi connectivity index (χ1v) is 5.51. The summed E-state index contributed by atoms with van der Waals surface area (Å²) in [5, 5.41) is 25.4. The van der Waals surface area contributed by atoms with Gasteiger partial charge in [-0.1, -0.05) is 0 Å². The Bertz CT molecular complexity index is 668. The van der Waals surface area contributed by atoms with Crippen LogP contribution in [0.1, 0.15) is 6.92 Å². The molecule has 0 radical (unpaired) electrons. The van der Waals surface area contributed by atoms with Crippen molar-refractivity contribution in [3.63, 3.8) is 0 Å². The lowest BCUT2D eigenvalue weighted by molar-refractivity contribution is -0.395. The number of hydrogen-bond donors (Lipinski definition) is 0. The average molecular weight is 279 g/mol. The van der Waals surface area contributed by atoms with Gasteiger partial charge in [0.1, 0.15) is 12.3 Å². The number of hydrogen-bond acceptors (Lipinski definition) is 7. The molecule has 0 fully saturated rings. The zero-order valence-electron chi connectivity index (χ0n) is 10.3. The maximum atomic E-state index is 10.9. The second-order valence-electron chi connectivity index (χ2n) is 3.64. The molecular formula is C10H9N5O5. The Hall–Kier alpha value is -3.04. The van der Waals surface area contributed by atoms with E-state index >= 15 is 0 Å². The first-order valence-electron chi connectivity index (χ1n) is 5.51. The Morgan fingerprint density at radius 3 is 2.65 bits per heavy atom. The standard InChI is InChI=1S/C10H9N5O5/c1-2-13-4-3-9(12-13)20-10-8(15(18)19)5-7(6-11-10)14(16)17/h3-6H,2H2,1H3. The Morgan fingerprint density at radius 2 is 2.10 bits per heavy atom. The summed E-state index contributed by atoms with van der Waals surface area (Å²) in [4.78, 5) is 23.5. The van der Waals surface area contributed by atoms with Crippen LogP contribution in [0.5, 0.6) is 11.8 Å². The van der Waals surface area contributed by atoms with Crippen LogP contribution in [0.25, 0.3) is 0 Å². The molecule has 0 amide bonds. The maximum absolute atomic E-state index is 10.9. The van der Waals surface area contributed by atoms with Gasteiger partial charge in [0.15, 0.2) is 0 Å². The molecule has 0 aromatic carbocycles. The van der Waals surface area contributed by atoms with Crippen LogP contribution in [0.3, 0.4) is 0 Å². The summed E-state index contributed by atoms with van der Waals surface area (Å²) in [6.45, 7) is 2.47. The van der Waals surface area contributed by atoms with Crippen LogP contribution >= 0.6 is 0 Å². The smallest absolute Gasteiger partial charge is 0.338 e. The molecule has 2 heterocycles. The van der Waals surface area contributed by atoms with Crippen molar-refractivity contribution in [1.29, 1.82) is 0 Å². The van der Waals surface area contributed by atoms with Gasteiger partial charge in [0.2, 0.25) is 5.88 Å². The third kappa shape index (κ3) is 2.68. The molecule has 0 aliphatic carbocycles. The Morgan fingerprint density at radius 1 is 1.35 bits per heavy atom. The van der Waals surface area contributed by atoms with E-state index in [0.717, 1.165) is 12.3 Å². The van der Waals surface area contributed by atoms with E-state index in [1.165, 1.54) is 6.07 Å². The normalized spacial score (nSPS) is 10.2. The number of nitrogens with zero attached hydrogens (tertiary/aromatic N) is 5. The van der Waals surface area contributed by atoms with E-state index in [4.69, 9.17) is 4.74 Å². The monoisotopic (exact) mass is 279 g/mol. The summed E-state index contributed by atoms with van der Waals surface area (Å²) in [5.41, 5.74) is -1.08. The molecule has 0 N–H and O–H groups in total. The van der Waals surface area contributed by atoms with Gasteiger partial charge >= 0.3 is 11.6 Å². The summed E-state index contributed by atoms with van der Waals surface area (Å²) < 4.78 is 6.74. The fourth-order valence-electron chi connectivity index (χ4n) is 1.41. The molecular weight excluding hydrogens is 270 g/mol. The summed E-state index contributed by atoms with van der Waals surface area (Å²) >= 11 is 0. The molecule has 0 spiro atoms. The number of rotatable bonds is 5. The topological polar surface area (TPSA) is 126 Å². The summed E-state index contributed by atoms with van der Waals surface area (Å²) in [6.07, 6.45) is 2.52. The van der Waals surface area contributed by atoms with Crippen molar-refractivity contribution in [3.05, 3.63) is 44.8 Å². The second-order valence-corrected chi connectivity index (χ2v) is 3.64. The molecule has 0 bridgehead atoms. The number of aryl methyl sites for hydroxylation is 1. The zero-order valence-corrected chi connectivity index (χ0v) is 10.3. The van der Waals surface area contributed by atoms with E-state index in [1.54, 1.807) is 10.9 Å². The van der Waals surface area contributed by atoms with Crippen LogP contribution in [-0.4, -0.2) is 24.6 Å². The van der Waals surface area contributed by atoms with Gasteiger partial charge in [0.05, 0.1) is 9.85 Å². The SMILES string of the molecule is CCn1ccc(Oc2ncc([N+](=O)[O-])cc2[N+](=O)[O-])n1. The van der Waals surface area contributed by atoms with Crippen molar-refractivity contribution in [2.75, 3.05) is 0 Å². The predicted molar refractivity (Wildman–Crippen MR) is 65.5 cm³/mol. The predicted octanol–water partition coefficient (Wildman–Crippen LogP) is 1.91. The number of ether oxygens (including phenoxy) is 1. The molecule has 0 aliphatic heterocycles. The number of nitro groups is 2. The zero-order chi connectivity index (χ0) is 14.7. The largest absolute Gasteiger partial charge is 0.413 e. The van der Waals surface area contributed by atoms with Gasteiger partial charge in [-0.3, -0.25) is 24.9 Å². The van der Waals surface area contributed by atoms with Gasteiger partial charge in [-0.2, -0.15) is 0 Å². The molecule has 0 aliphatic rings. The van der Waals surface area contributed by atoms with E-state index in [-0.39, 0.29) is 11.8 Å². The molecule has 0 atom stereocenters. The van der Waals surface area contributed by atoms with Crippen LogP contribution in [0, 0.1) is 20.2 Å². The fourth-order valence-corrected chi connectivity index (χ4v) is 1.41. The van der Waals surface area contributed by atoms with Crippen LogP contribution in [0.4, 0.5) is 11.4 Å². The highest BCUT2D eigenvalue weighted by molar-refractivity contribution is 5.49. The average Bonchev–Trinajstić information content (AvgIpc) is 2.86. The molecule has 104 valence electrons. The highest BCUT2D eigenvalue weighted by Crippen LogP contribution is 2.31. The quantitative estimate of drug-likeness (QED) is 0.604. The van der Waals surface area contributed by atoms with E-state index in [0.29, 0.717) is 6.54 Å². The van der Waals surface area contributed by atoms with Gasteiger partial charge in [0, 0.05) is 18.8 Å². The van der Waals surface area contributed by atoms with Gasteiger partial charge in [-0.25, -0.2) is 4.98 Å². The summed E-state index contributed by atoms with van der Waals surface area (Å²) in [6, 6.07) is 2.30. The Balaban J connectivity index is 2.35. The van der Waals surface area contributed by atoms with Crippen LogP contribution < -0.4 is 4.74 Å². The van der Waals surface area contributed by atoms with E-state index in [9.17, 15) is 20.2 Å². The minimum Gasteiger partial charge on any atom is -0.413 e. The fraction of sp³-hybridized carbons (Fsp3) is 0.200. The van der Waals surface area contributed by atoms with E-state index in [1.807, 2.05) is 6.92 Å². The lowest BCUT2D eigenvalue weighted by atomic mass is 10.3. The third-order valence-electron chi connectivity index (χ3n) is 2.37. The maximum Gasteiger partial charge on any atom is 0.338 e. The molecule has 2 aromatic rings. The molecule has 0 saturated heterocycles. The highest BCUT2D eigenvalue weighted by atomic mass is 16.6. The Kier molecular flexibility index (Phi) is 3.55. The number of aromatic nitrogens is 3. The molecule has 10 nitrogen and oxygen atoms in total. The molecule has 2 rings (SSSR count). The first-order chi connectivity index (χ1) is 9.51. The van der Waals surface area contributed by atoms with Gasteiger partial charge in [-0.15, -0.1) is 5.10 Å². The second kappa shape index (κ2) is 5.30. The van der Waals surface area contributed by atoms with Gasteiger partial charge in [0.25, 0.3) is 5.69 Å². The van der Waals surface area contributed by atoms with Gasteiger partial charge < -0.3 is 4.74 Å². The number of pyridine rings is 1. The minimum absolute atomic E-state index is 0.122. The van der Waals surface area contributed by atoms with Crippen molar-refractivity contribution in [2.24, 2.45) is 0 Å². The lowest BCUT2D eigenvalue weighted by Crippen LogP contribution is -1.99. The van der Waals surface area contributed by atoms with E-state index in [2.05, 4.69) is 10.1 Å². The van der Waals surface area contributed by atoms with Crippen molar-refractivity contribution in [3.8, 4) is 11.8 Å². The van der Waals surface area contributed by atoms with Gasteiger partial charge in [-0.05, 0) is 6.92 Å².